The number of nitrogens with zero attached hydrogens (tertiary/aromatic N) is 2. The maximum atomic E-state index is 12.6. The zero-order valence-electron chi connectivity index (χ0n) is 15.6. The van der Waals surface area contributed by atoms with E-state index < -0.39 is 0 Å². The monoisotopic (exact) mass is 361 g/mol. The number of amides is 1. The summed E-state index contributed by atoms with van der Waals surface area (Å²) in [6, 6.07) is 20.5. The molecular formula is C22H23N3O2. The largest absolute Gasteiger partial charge is 0.455 e. The number of hydrogen-bond donors (Lipinski definition) is 1. The van der Waals surface area contributed by atoms with Crippen LogP contribution in [0.5, 0.6) is 11.5 Å². The fourth-order valence-electron chi connectivity index (χ4n) is 2.72. The Labute approximate surface area is 159 Å². The molecule has 1 aromatic heterocycles. The number of aromatic nitrogens is 1. The van der Waals surface area contributed by atoms with Gasteiger partial charge in [-0.3, -0.25) is 4.79 Å². The van der Waals surface area contributed by atoms with Crippen molar-refractivity contribution in [2.75, 3.05) is 23.3 Å². The highest BCUT2D eigenvalue weighted by molar-refractivity contribution is 6.04. The number of anilines is 2. The summed E-state index contributed by atoms with van der Waals surface area (Å²) in [5.74, 6) is 1.94. The van der Waals surface area contributed by atoms with Gasteiger partial charge in [0, 0.05) is 19.3 Å². The lowest BCUT2D eigenvalue weighted by Crippen LogP contribution is -2.23. The van der Waals surface area contributed by atoms with Gasteiger partial charge in [-0.25, -0.2) is 4.98 Å². The first-order chi connectivity index (χ1) is 13.2. The number of carbonyl (C=O) groups is 1. The number of nitrogens with one attached hydrogen (secondary N) is 1. The Morgan fingerprint density at radius 3 is 2.33 bits per heavy atom. The predicted octanol–water partition coefficient (Wildman–Crippen LogP) is 4.97. The zero-order chi connectivity index (χ0) is 19.1. The van der Waals surface area contributed by atoms with Crippen LogP contribution in [0.2, 0.25) is 0 Å². The van der Waals surface area contributed by atoms with Crippen LogP contribution < -0.4 is 15.0 Å². The van der Waals surface area contributed by atoms with E-state index in [0.717, 1.165) is 18.9 Å². The highest BCUT2D eigenvalue weighted by Crippen LogP contribution is 2.29. The van der Waals surface area contributed by atoms with Crippen LogP contribution in [-0.2, 0) is 0 Å². The van der Waals surface area contributed by atoms with Crippen LogP contribution in [0.4, 0.5) is 11.5 Å². The van der Waals surface area contributed by atoms with E-state index in [1.54, 1.807) is 12.3 Å². The summed E-state index contributed by atoms with van der Waals surface area (Å²) in [5.41, 5.74) is 1.11. The fourth-order valence-corrected chi connectivity index (χ4v) is 2.72. The van der Waals surface area contributed by atoms with Crippen LogP contribution in [0, 0.1) is 0 Å². The van der Waals surface area contributed by atoms with Crippen molar-refractivity contribution in [1.29, 1.82) is 0 Å². The minimum atomic E-state index is -0.224. The maximum Gasteiger partial charge on any atom is 0.257 e. The quantitative estimate of drug-likeness (QED) is 0.645. The van der Waals surface area contributed by atoms with Crippen LogP contribution in [0.1, 0.15) is 24.2 Å². The molecule has 5 heteroatoms. The molecule has 0 saturated carbocycles. The molecule has 0 fully saturated rings. The van der Waals surface area contributed by atoms with Crippen molar-refractivity contribution in [1.82, 2.24) is 4.98 Å². The summed E-state index contributed by atoms with van der Waals surface area (Å²) in [7, 11) is 0. The van der Waals surface area contributed by atoms with Gasteiger partial charge < -0.3 is 15.0 Å². The van der Waals surface area contributed by atoms with Gasteiger partial charge in [0.1, 0.15) is 11.6 Å². The minimum absolute atomic E-state index is 0.224. The Morgan fingerprint density at radius 1 is 0.963 bits per heavy atom. The second kappa shape index (κ2) is 8.85. The molecule has 1 heterocycles. The number of para-hydroxylation sites is 3. The molecule has 1 amide bonds. The second-order valence-electron chi connectivity index (χ2n) is 5.94. The lowest BCUT2D eigenvalue weighted by Gasteiger charge is -2.19. The fraction of sp³-hybridized carbons (Fsp3) is 0.182. The molecule has 0 unspecified atom stereocenters. The third-order valence-corrected chi connectivity index (χ3v) is 4.20. The van der Waals surface area contributed by atoms with E-state index in [9.17, 15) is 4.79 Å². The molecule has 3 rings (SSSR count). The first kappa shape index (κ1) is 18.5. The Hall–Kier alpha value is -3.34. The summed E-state index contributed by atoms with van der Waals surface area (Å²) in [5, 5.41) is 2.91. The molecule has 0 atom stereocenters. The van der Waals surface area contributed by atoms with E-state index in [1.165, 1.54) is 0 Å². The van der Waals surface area contributed by atoms with E-state index >= 15 is 0 Å². The Kier molecular flexibility index (Phi) is 6.05. The van der Waals surface area contributed by atoms with E-state index in [2.05, 4.69) is 29.0 Å². The van der Waals surface area contributed by atoms with Crippen molar-refractivity contribution in [3.63, 3.8) is 0 Å². The molecule has 0 aliphatic heterocycles. The van der Waals surface area contributed by atoms with Crippen molar-refractivity contribution in [3.8, 4) is 11.5 Å². The highest BCUT2D eigenvalue weighted by Gasteiger charge is 2.12. The topological polar surface area (TPSA) is 54.5 Å². The Morgan fingerprint density at radius 2 is 1.67 bits per heavy atom. The smallest absolute Gasteiger partial charge is 0.257 e. The van der Waals surface area contributed by atoms with Crippen LogP contribution >= 0.6 is 0 Å². The van der Waals surface area contributed by atoms with Gasteiger partial charge in [0.05, 0.1) is 11.3 Å². The molecule has 138 valence electrons. The highest BCUT2D eigenvalue weighted by atomic mass is 16.5. The summed E-state index contributed by atoms with van der Waals surface area (Å²) in [6.07, 6.45) is 1.60. The van der Waals surface area contributed by atoms with Gasteiger partial charge >= 0.3 is 0 Å². The number of hydrogen-bond acceptors (Lipinski definition) is 4. The van der Waals surface area contributed by atoms with Gasteiger partial charge in [0.2, 0.25) is 0 Å². The van der Waals surface area contributed by atoms with Gasteiger partial charge in [0.25, 0.3) is 5.91 Å². The molecule has 27 heavy (non-hydrogen) atoms. The average molecular weight is 361 g/mol. The minimum Gasteiger partial charge on any atom is -0.455 e. The number of ether oxygens (including phenoxy) is 1. The molecule has 0 radical (unpaired) electrons. The van der Waals surface area contributed by atoms with Crippen LogP contribution in [-0.4, -0.2) is 24.0 Å². The average Bonchev–Trinajstić information content (AvgIpc) is 2.72. The number of benzene rings is 2. The van der Waals surface area contributed by atoms with Crippen LogP contribution in [0.15, 0.2) is 72.9 Å². The van der Waals surface area contributed by atoms with E-state index in [1.807, 2.05) is 60.7 Å². The SMILES string of the molecule is CCN(CC)c1ccc(C(=O)Nc2ccccc2Oc2ccccc2)cn1. The molecule has 0 bridgehead atoms. The van der Waals surface area contributed by atoms with Gasteiger partial charge in [-0.05, 0) is 50.2 Å². The first-order valence-electron chi connectivity index (χ1n) is 9.05. The van der Waals surface area contributed by atoms with E-state index in [4.69, 9.17) is 4.74 Å². The molecule has 1 N–H and O–H groups in total. The molecule has 0 aliphatic rings. The molecule has 0 aliphatic carbocycles. The van der Waals surface area contributed by atoms with Gasteiger partial charge in [-0.2, -0.15) is 0 Å². The zero-order valence-corrected chi connectivity index (χ0v) is 15.6. The number of carbonyl (C=O) groups excluding carboxylic acids is 1. The molecule has 2 aromatic carbocycles. The summed E-state index contributed by atoms with van der Waals surface area (Å²) < 4.78 is 5.89. The normalized spacial score (nSPS) is 10.3. The lowest BCUT2D eigenvalue weighted by atomic mass is 10.2. The Bertz CT molecular complexity index is 876. The van der Waals surface area contributed by atoms with Crippen molar-refractivity contribution < 1.29 is 9.53 Å². The maximum absolute atomic E-state index is 12.6. The molecule has 0 spiro atoms. The lowest BCUT2D eigenvalue weighted by molar-refractivity contribution is 0.102. The van der Waals surface area contributed by atoms with E-state index in [0.29, 0.717) is 22.7 Å². The van der Waals surface area contributed by atoms with Crippen LogP contribution in [0.3, 0.4) is 0 Å². The number of pyridine rings is 1. The van der Waals surface area contributed by atoms with Gasteiger partial charge in [-0.15, -0.1) is 0 Å². The molecule has 3 aromatic rings. The van der Waals surface area contributed by atoms with Crippen molar-refractivity contribution in [2.24, 2.45) is 0 Å². The predicted molar refractivity (Wildman–Crippen MR) is 109 cm³/mol. The second-order valence-corrected chi connectivity index (χ2v) is 5.94. The molecular weight excluding hydrogens is 338 g/mol. The molecule has 0 saturated heterocycles. The summed E-state index contributed by atoms with van der Waals surface area (Å²) in [6.45, 7) is 5.91. The summed E-state index contributed by atoms with van der Waals surface area (Å²) >= 11 is 0. The van der Waals surface area contributed by atoms with Crippen LogP contribution in [0.25, 0.3) is 0 Å². The third-order valence-electron chi connectivity index (χ3n) is 4.20. The standard InChI is InChI=1S/C22H23N3O2/c1-3-25(4-2)21-15-14-17(16-23-21)22(26)24-19-12-8-9-13-20(19)27-18-10-6-5-7-11-18/h5-16H,3-4H2,1-2H3,(H,24,26). The van der Waals surface area contributed by atoms with Crippen molar-refractivity contribution >= 4 is 17.4 Å². The third kappa shape index (κ3) is 4.64. The van der Waals surface area contributed by atoms with Crippen molar-refractivity contribution in [2.45, 2.75) is 13.8 Å². The summed E-state index contributed by atoms with van der Waals surface area (Å²) in [4.78, 5) is 19.2. The van der Waals surface area contributed by atoms with E-state index in [-0.39, 0.29) is 5.91 Å². The Balaban J connectivity index is 1.74. The first-order valence-corrected chi connectivity index (χ1v) is 9.05. The molecule has 5 nitrogen and oxygen atoms in total. The van der Waals surface area contributed by atoms with Gasteiger partial charge in [-0.1, -0.05) is 30.3 Å². The number of rotatable bonds is 7. The van der Waals surface area contributed by atoms with Gasteiger partial charge in [0.15, 0.2) is 5.75 Å². The van der Waals surface area contributed by atoms with Crippen molar-refractivity contribution in [3.05, 3.63) is 78.5 Å².